The van der Waals surface area contributed by atoms with Gasteiger partial charge in [0.25, 0.3) is 0 Å². The lowest BCUT2D eigenvalue weighted by Crippen LogP contribution is -1.87. The average molecular weight is 224 g/mol. The van der Waals surface area contributed by atoms with Crippen LogP contribution in [0, 0.1) is 17.5 Å². The molecule has 0 radical (unpaired) electrons. The van der Waals surface area contributed by atoms with E-state index in [9.17, 15) is 18.3 Å². The zero-order chi connectivity index (χ0) is 11.7. The first kappa shape index (κ1) is 10.5. The summed E-state index contributed by atoms with van der Waals surface area (Å²) in [5, 5.41) is 9.44. The Hall–Kier alpha value is -1.97. The third-order valence-corrected chi connectivity index (χ3v) is 2.19. The quantitative estimate of drug-likeness (QED) is 0.786. The highest BCUT2D eigenvalue weighted by atomic mass is 19.2. The molecule has 2 aromatic rings. The predicted molar refractivity (Wildman–Crippen MR) is 53.4 cm³/mol. The standard InChI is InChI=1S/C12H7F3O/c13-8-3-1-7(2-4-8)9-5-10(14)11(15)6-12(9)16/h1-6,16H. The minimum absolute atomic E-state index is 0.124. The van der Waals surface area contributed by atoms with Gasteiger partial charge in [0.2, 0.25) is 0 Å². The number of hydrogen-bond donors (Lipinski definition) is 1. The molecule has 0 saturated carbocycles. The van der Waals surface area contributed by atoms with Gasteiger partial charge in [-0.25, -0.2) is 13.2 Å². The van der Waals surface area contributed by atoms with E-state index in [-0.39, 0.29) is 11.3 Å². The SMILES string of the molecule is Oc1cc(F)c(F)cc1-c1ccc(F)cc1. The van der Waals surface area contributed by atoms with Crippen LogP contribution in [0.3, 0.4) is 0 Å². The summed E-state index contributed by atoms with van der Waals surface area (Å²) >= 11 is 0. The zero-order valence-corrected chi connectivity index (χ0v) is 8.05. The van der Waals surface area contributed by atoms with Crippen LogP contribution < -0.4 is 0 Å². The Balaban J connectivity index is 2.56. The number of phenolic OH excluding ortho intramolecular Hbond substituents is 1. The van der Waals surface area contributed by atoms with Crippen LogP contribution in [-0.4, -0.2) is 5.11 Å². The Kier molecular flexibility index (Phi) is 2.56. The lowest BCUT2D eigenvalue weighted by molar-refractivity contribution is 0.457. The fourth-order valence-corrected chi connectivity index (χ4v) is 1.40. The van der Waals surface area contributed by atoms with Crippen molar-refractivity contribution in [2.45, 2.75) is 0 Å². The average Bonchev–Trinajstić information content (AvgIpc) is 2.25. The van der Waals surface area contributed by atoms with E-state index in [1.807, 2.05) is 0 Å². The van der Waals surface area contributed by atoms with E-state index in [1.54, 1.807) is 0 Å². The smallest absolute Gasteiger partial charge is 0.162 e. The summed E-state index contributed by atoms with van der Waals surface area (Å²) in [6.45, 7) is 0. The summed E-state index contributed by atoms with van der Waals surface area (Å²) in [5.74, 6) is -3.00. The van der Waals surface area contributed by atoms with E-state index in [4.69, 9.17) is 0 Å². The first-order valence-corrected chi connectivity index (χ1v) is 4.52. The Morgan fingerprint density at radius 1 is 0.812 bits per heavy atom. The number of halogens is 3. The van der Waals surface area contributed by atoms with Crippen LogP contribution in [0.5, 0.6) is 5.75 Å². The number of rotatable bonds is 1. The predicted octanol–water partition coefficient (Wildman–Crippen LogP) is 3.48. The van der Waals surface area contributed by atoms with E-state index in [0.29, 0.717) is 11.6 Å². The van der Waals surface area contributed by atoms with E-state index < -0.39 is 17.5 Å². The molecule has 16 heavy (non-hydrogen) atoms. The molecule has 2 rings (SSSR count). The van der Waals surface area contributed by atoms with Crippen LogP contribution in [-0.2, 0) is 0 Å². The zero-order valence-electron chi connectivity index (χ0n) is 8.05. The molecule has 82 valence electrons. The fourth-order valence-electron chi connectivity index (χ4n) is 1.40. The molecule has 0 aliphatic rings. The van der Waals surface area contributed by atoms with Gasteiger partial charge in [0.1, 0.15) is 11.6 Å². The van der Waals surface area contributed by atoms with Gasteiger partial charge in [-0.1, -0.05) is 12.1 Å². The van der Waals surface area contributed by atoms with Crippen molar-refractivity contribution in [1.82, 2.24) is 0 Å². The summed E-state index contributed by atoms with van der Waals surface area (Å²) in [4.78, 5) is 0. The van der Waals surface area contributed by atoms with Crippen molar-refractivity contribution >= 4 is 0 Å². The first-order valence-electron chi connectivity index (χ1n) is 4.52. The van der Waals surface area contributed by atoms with Gasteiger partial charge in [-0.15, -0.1) is 0 Å². The van der Waals surface area contributed by atoms with Crippen molar-refractivity contribution in [3.63, 3.8) is 0 Å². The van der Waals surface area contributed by atoms with Crippen LogP contribution >= 0.6 is 0 Å². The van der Waals surface area contributed by atoms with Gasteiger partial charge in [0, 0.05) is 11.6 Å². The van der Waals surface area contributed by atoms with E-state index in [1.165, 1.54) is 24.3 Å². The molecule has 4 heteroatoms. The Morgan fingerprint density at radius 2 is 1.38 bits per heavy atom. The molecular weight excluding hydrogens is 217 g/mol. The van der Waals surface area contributed by atoms with Gasteiger partial charge < -0.3 is 5.11 Å². The third-order valence-electron chi connectivity index (χ3n) is 2.19. The molecule has 0 aliphatic carbocycles. The number of aromatic hydroxyl groups is 1. The third kappa shape index (κ3) is 1.86. The molecule has 0 aliphatic heterocycles. The fraction of sp³-hybridized carbons (Fsp3) is 0. The summed E-state index contributed by atoms with van der Waals surface area (Å²) in [7, 11) is 0. The largest absolute Gasteiger partial charge is 0.507 e. The topological polar surface area (TPSA) is 20.2 Å². The summed E-state index contributed by atoms with van der Waals surface area (Å²) in [6.07, 6.45) is 0. The maximum atomic E-state index is 13.0. The molecule has 0 saturated heterocycles. The second kappa shape index (κ2) is 3.89. The van der Waals surface area contributed by atoms with E-state index in [2.05, 4.69) is 0 Å². The molecule has 0 bridgehead atoms. The van der Waals surface area contributed by atoms with Gasteiger partial charge in [-0.2, -0.15) is 0 Å². The number of hydrogen-bond acceptors (Lipinski definition) is 1. The van der Waals surface area contributed by atoms with Gasteiger partial charge in [-0.3, -0.25) is 0 Å². The van der Waals surface area contributed by atoms with Crippen molar-refractivity contribution in [3.8, 4) is 16.9 Å². The van der Waals surface area contributed by atoms with Crippen LogP contribution in [0.1, 0.15) is 0 Å². The maximum absolute atomic E-state index is 13.0. The van der Waals surface area contributed by atoms with E-state index >= 15 is 0 Å². The van der Waals surface area contributed by atoms with Crippen LogP contribution in [0.2, 0.25) is 0 Å². The van der Waals surface area contributed by atoms with Crippen LogP contribution in [0.15, 0.2) is 36.4 Å². The van der Waals surface area contributed by atoms with Crippen LogP contribution in [0.25, 0.3) is 11.1 Å². The Labute approximate surface area is 89.8 Å². The summed E-state index contributed by atoms with van der Waals surface area (Å²) in [6, 6.07) is 6.67. The van der Waals surface area contributed by atoms with Gasteiger partial charge in [-0.05, 0) is 23.8 Å². The normalized spacial score (nSPS) is 10.4. The van der Waals surface area contributed by atoms with Crippen molar-refractivity contribution in [2.24, 2.45) is 0 Å². The number of benzene rings is 2. The van der Waals surface area contributed by atoms with Crippen molar-refractivity contribution in [3.05, 3.63) is 53.8 Å². The van der Waals surface area contributed by atoms with Crippen molar-refractivity contribution < 1.29 is 18.3 Å². The molecule has 2 aromatic carbocycles. The van der Waals surface area contributed by atoms with Crippen molar-refractivity contribution in [2.75, 3.05) is 0 Å². The van der Waals surface area contributed by atoms with Crippen molar-refractivity contribution in [1.29, 1.82) is 0 Å². The highest BCUT2D eigenvalue weighted by Crippen LogP contribution is 2.31. The first-order chi connectivity index (χ1) is 7.58. The molecule has 0 amide bonds. The molecule has 0 unspecified atom stereocenters. The number of phenols is 1. The molecule has 0 heterocycles. The molecule has 0 spiro atoms. The second-order valence-electron chi connectivity index (χ2n) is 3.29. The molecule has 1 nitrogen and oxygen atoms in total. The molecule has 1 N–H and O–H groups in total. The summed E-state index contributed by atoms with van der Waals surface area (Å²) < 4.78 is 38.4. The van der Waals surface area contributed by atoms with Gasteiger partial charge in [0.05, 0.1) is 0 Å². The highest BCUT2D eigenvalue weighted by Gasteiger charge is 2.10. The minimum atomic E-state index is -1.12. The highest BCUT2D eigenvalue weighted by molar-refractivity contribution is 5.70. The Bertz CT molecular complexity index is 521. The van der Waals surface area contributed by atoms with Gasteiger partial charge in [0.15, 0.2) is 11.6 Å². The maximum Gasteiger partial charge on any atom is 0.162 e. The lowest BCUT2D eigenvalue weighted by atomic mass is 10.0. The van der Waals surface area contributed by atoms with Crippen LogP contribution in [0.4, 0.5) is 13.2 Å². The molecular formula is C12H7F3O. The monoisotopic (exact) mass is 224 g/mol. The molecule has 0 atom stereocenters. The molecule has 0 fully saturated rings. The Morgan fingerprint density at radius 3 is 2.00 bits per heavy atom. The van der Waals surface area contributed by atoms with Gasteiger partial charge >= 0.3 is 0 Å². The second-order valence-corrected chi connectivity index (χ2v) is 3.29. The van der Waals surface area contributed by atoms with E-state index in [0.717, 1.165) is 6.07 Å². The summed E-state index contributed by atoms with van der Waals surface area (Å²) in [5.41, 5.74) is 0.539. The molecule has 0 aromatic heterocycles. The lowest BCUT2D eigenvalue weighted by Gasteiger charge is -2.05. The minimum Gasteiger partial charge on any atom is -0.507 e.